The predicted molar refractivity (Wildman–Crippen MR) is 116 cm³/mol. The van der Waals surface area contributed by atoms with Crippen LogP contribution in [0.2, 0.25) is 0 Å². The first kappa shape index (κ1) is 20.1. The molecule has 1 aliphatic heterocycles. The molecule has 1 unspecified atom stereocenters. The first-order valence-electron chi connectivity index (χ1n) is 10.2. The van der Waals surface area contributed by atoms with Crippen LogP contribution in [0.5, 0.6) is 5.75 Å². The van der Waals surface area contributed by atoms with Gasteiger partial charge in [0.1, 0.15) is 11.6 Å². The zero-order valence-electron chi connectivity index (χ0n) is 17.2. The van der Waals surface area contributed by atoms with E-state index in [1.54, 1.807) is 24.0 Å². The van der Waals surface area contributed by atoms with Crippen molar-refractivity contribution in [2.45, 2.75) is 26.4 Å². The van der Waals surface area contributed by atoms with E-state index in [0.29, 0.717) is 37.6 Å². The average Bonchev–Trinajstić information content (AvgIpc) is 2.72. The predicted octanol–water partition coefficient (Wildman–Crippen LogP) is 2.73. The second-order valence-electron chi connectivity index (χ2n) is 7.83. The van der Waals surface area contributed by atoms with Gasteiger partial charge in [0.2, 0.25) is 5.91 Å². The molecule has 1 amide bonds. The number of para-hydroxylation sites is 1. The van der Waals surface area contributed by atoms with Crippen LogP contribution in [0.4, 0.5) is 5.82 Å². The largest absolute Gasteiger partial charge is 0.507 e. The molecular weight excluding hydrogens is 380 g/mol. The van der Waals surface area contributed by atoms with Crippen molar-refractivity contribution >= 4 is 22.6 Å². The Bertz CT molecular complexity index is 1080. The lowest BCUT2D eigenvalue weighted by Gasteiger charge is -2.36. The summed E-state index contributed by atoms with van der Waals surface area (Å²) in [6.45, 7) is 6.10. The number of hydrogen-bond acceptors (Lipinski definition) is 6. The molecule has 30 heavy (non-hydrogen) atoms. The van der Waals surface area contributed by atoms with Crippen LogP contribution in [0.1, 0.15) is 18.9 Å². The molecule has 0 saturated carbocycles. The lowest BCUT2D eigenvalue weighted by molar-refractivity contribution is -0.133. The van der Waals surface area contributed by atoms with Gasteiger partial charge < -0.3 is 20.0 Å². The van der Waals surface area contributed by atoms with Gasteiger partial charge >= 0.3 is 0 Å². The van der Waals surface area contributed by atoms with E-state index in [9.17, 15) is 15.0 Å². The third kappa shape index (κ3) is 4.07. The molecule has 4 rings (SSSR count). The van der Waals surface area contributed by atoms with Crippen LogP contribution >= 0.6 is 0 Å². The summed E-state index contributed by atoms with van der Waals surface area (Å²) in [5, 5.41) is 20.7. The SMILES string of the molecule is Cc1ccc2c(N3CCN(C(=O)CC(C)O)CC3)nc(-c3ccccc3O)nc2c1. The molecule has 7 heteroatoms. The summed E-state index contributed by atoms with van der Waals surface area (Å²) in [6.07, 6.45) is -0.488. The Hall–Kier alpha value is -3.19. The highest BCUT2D eigenvalue weighted by molar-refractivity contribution is 5.92. The molecule has 7 nitrogen and oxygen atoms in total. The molecule has 0 bridgehead atoms. The fourth-order valence-electron chi connectivity index (χ4n) is 3.80. The van der Waals surface area contributed by atoms with Gasteiger partial charge in [-0.2, -0.15) is 0 Å². The second kappa shape index (κ2) is 8.28. The maximum absolute atomic E-state index is 12.3. The van der Waals surface area contributed by atoms with Gasteiger partial charge in [-0.05, 0) is 43.7 Å². The maximum atomic E-state index is 12.3. The first-order valence-corrected chi connectivity index (χ1v) is 10.2. The molecule has 0 aliphatic carbocycles. The summed E-state index contributed by atoms with van der Waals surface area (Å²) in [4.78, 5) is 25.7. The number of aliphatic hydroxyl groups excluding tert-OH is 1. The number of fused-ring (bicyclic) bond motifs is 1. The minimum Gasteiger partial charge on any atom is -0.507 e. The number of hydrogen-bond donors (Lipinski definition) is 2. The highest BCUT2D eigenvalue weighted by atomic mass is 16.3. The number of carbonyl (C=O) groups is 1. The smallest absolute Gasteiger partial charge is 0.225 e. The van der Waals surface area contributed by atoms with Crippen molar-refractivity contribution in [2.75, 3.05) is 31.1 Å². The minimum absolute atomic E-state index is 0.0253. The minimum atomic E-state index is -0.634. The molecule has 1 atom stereocenters. The number of rotatable bonds is 4. The Labute approximate surface area is 175 Å². The third-order valence-corrected chi connectivity index (χ3v) is 5.38. The van der Waals surface area contributed by atoms with Crippen LogP contribution in [-0.4, -0.2) is 63.3 Å². The van der Waals surface area contributed by atoms with Gasteiger partial charge in [0, 0.05) is 31.6 Å². The number of phenols is 1. The van der Waals surface area contributed by atoms with E-state index in [1.807, 2.05) is 37.3 Å². The number of benzene rings is 2. The molecule has 2 aromatic carbocycles. The number of carbonyl (C=O) groups excluding carboxylic acids is 1. The Balaban J connectivity index is 1.69. The van der Waals surface area contributed by atoms with Crippen LogP contribution in [0, 0.1) is 6.92 Å². The summed E-state index contributed by atoms with van der Waals surface area (Å²) in [7, 11) is 0. The van der Waals surface area contributed by atoms with Gasteiger partial charge in [-0.25, -0.2) is 9.97 Å². The van der Waals surface area contributed by atoms with E-state index in [2.05, 4.69) is 4.90 Å². The van der Waals surface area contributed by atoms with Gasteiger partial charge in [0.05, 0.1) is 23.6 Å². The lowest BCUT2D eigenvalue weighted by atomic mass is 10.1. The fraction of sp³-hybridized carbons (Fsp3) is 0.348. The third-order valence-electron chi connectivity index (χ3n) is 5.38. The van der Waals surface area contributed by atoms with Gasteiger partial charge in [-0.3, -0.25) is 4.79 Å². The van der Waals surface area contributed by atoms with Crippen molar-refractivity contribution < 1.29 is 15.0 Å². The number of aromatic hydroxyl groups is 1. The number of aliphatic hydroxyl groups is 1. The number of amides is 1. The van der Waals surface area contributed by atoms with Crippen molar-refractivity contribution in [3.8, 4) is 17.1 Å². The fourth-order valence-corrected chi connectivity index (χ4v) is 3.80. The molecule has 1 fully saturated rings. The number of phenolic OH excluding ortho intramolecular Hbond substituents is 1. The molecule has 1 saturated heterocycles. The molecule has 0 spiro atoms. The summed E-state index contributed by atoms with van der Waals surface area (Å²) in [5.74, 6) is 1.40. The molecule has 1 aromatic heterocycles. The zero-order chi connectivity index (χ0) is 21.3. The quantitative estimate of drug-likeness (QED) is 0.693. The summed E-state index contributed by atoms with van der Waals surface area (Å²) in [6, 6.07) is 13.1. The van der Waals surface area contributed by atoms with Crippen LogP contribution in [0.15, 0.2) is 42.5 Å². The van der Waals surface area contributed by atoms with E-state index in [-0.39, 0.29) is 18.1 Å². The van der Waals surface area contributed by atoms with Crippen molar-refractivity contribution in [3.63, 3.8) is 0 Å². The Morgan fingerprint density at radius 2 is 1.83 bits per heavy atom. The van der Waals surface area contributed by atoms with E-state index in [0.717, 1.165) is 22.3 Å². The molecule has 3 aromatic rings. The standard InChI is InChI=1S/C23H26N4O3/c1-15-7-8-17-19(13-15)24-22(18-5-3-4-6-20(18)29)25-23(17)27-11-9-26(10-12-27)21(30)14-16(2)28/h3-8,13,16,28-29H,9-12,14H2,1-2H3. The maximum Gasteiger partial charge on any atom is 0.225 e. The molecule has 2 N–H and O–H groups in total. The Morgan fingerprint density at radius 1 is 1.10 bits per heavy atom. The van der Waals surface area contributed by atoms with Gasteiger partial charge in [-0.15, -0.1) is 0 Å². The average molecular weight is 406 g/mol. The number of aryl methyl sites for hydroxylation is 1. The highest BCUT2D eigenvalue weighted by Crippen LogP contribution is 2.32. The topological polar surface area (TPSA) is 89.8 Å². The number of aromatic nitrogens is 2. The van der Waals surface area contributed by atoms with Gasteiger partial charge in [0.25, 0.3) is 0 Å². The molecule has 1 aliphatic rings. The number of anilines is 1. The molecule has 156 valence electrons. The molecule has 2 heterocycles. The van der Waals surface area contributed by atoms with Crippen molar-refractivity contribution in [2.24, 2.45) is 0 Å². The van der Waals surface area contributed by atoms with Crippen molar-refractivity contribution in [1.29, 1.82) is 0 Å². The van der Waals surface area contributed by atoms with E-state index >= 15 is 0 Å². The van der Waals surface area contributed by atoms with Crippen LogP contribution in [-0.2, 0) is 4.79 Å². The van der Waals surface area contributed by atoms with Gasteiger partial charge in [-0.1, -0.05) is 18.2 Å². The highest BCUT2D eigenvalue weighted by Gasteiger charge is 2.24. The van der Waals surface area contributed by atoms with E-state index in [4.69, 9.17) is 9.97 Å². The molecular formula is C23H26N4O3. The van der Waals surface area contributed by atoms with E-state index in [1.165, 1.54) is 0 Å². The monoisotopic (exact) mass is 406 g/mol. The number of piperazine rings is 1. The van der Waals surface area contributed by atoms with Gasteiger partial charge in [0.15, 0.2) is 5.82 Å². The Kier molecular flexibility index (Phi) is 5.55. The van der Waals surface area contributed by atoms with Crippen molar-refractivity contribution in [3.05, 3.63) is 48.0 Å². The van der Waals surface area contributed by atoms with Crippen LogP contribution < -0.4 is 4.90 Å². The normalized spacial score (nSPS) is 15.4. The summed E-state index contributed by atoms with van der Waals surface area (Å²) in [5.41, 5.74) is 2.52. The first-order chi connectivity index (χ1) is 14.4. The Morgan fingerprint density at radius 3 is 2.53 bits per heavy atom. The van der Waals surface area contributed by atoms with E-state index < -0.39 is 6.10 Å². The lowest BCUT2D eigenvalue weighted by Crippen LogP contribution is -2.49. The molecule has 0 radical (unpaired) electrons. The van der Waals surface area contributed by atoms with Crippen LogP contribution in [0.3, 0.4) is 0 Å². The summed E-state index contributed by atoms with van der Waals surface area (Å²) >= 11 is 0. The zero-order valence-corrected chi connectivity index (χ0v) is 17.2. The van der Waals surface area contributed by atoms with Crippen molar-refractivity contribution in [1.82, 2.24) is 14.9 Å². The number of nitrogens with zero attached hydrogens (tertiary/aromatic N) is 4. The second-order valence-corrected chi connectivity index (χ2v) is 7.83. The summed E-state index contributed by atoms with van der Waals surface area (Å²) < 4.78 is 0. The van der Waals surface area contributed by atoms with Crippen LogP contribution in [0.25, 0.3) is 22.3 Å².